The Labute approximate surface area is 375 Å². The summed E-state index contributed by atoms with van der Waals surface area (Å²) in [5.41, 5.74) is 7.14. The Hall–Kier alpha value is -7.50. The summed E-state index contributed by atoms with van der Waals surface area (Å²) in [6, 6.07) is 34.4. The van der Waals surface area contributed by atoms with Crippen molar-refractivity contribution in [2.24, 2.45) is 5.10 Å². The summed E-state index contributed by atoms with van der Waals surface area (Å²) >= 11 is 0. The molecule has 65 heavy (non-hydrogen) atoms. The lowest BCUT2D eigenvalue weighted by atomic mass is 10.0. The molecule has 0 bridgehead atoms. The molecule has 6 rings (SSSR count). The van der Waals surface area contributed by atoms with Gasteiger partial charge in [-0.15, -0.1) is 0 Å². The molecule has 1 unspecified atom stereocenters. The van der Waals surface area contributed by atoms with Gasteiger partial charge in [0, 0.05) is 42.8 Å². The Bertz CT molecular complexity index is 2670. The van der Waals surface area contributed by atoms with Crippen molar-refractivity contribution in [2.75, 3.05) is 25.2 Å². The Morgan fingerprint density at radius 3 is 2.25 bits per heavy atom. The smallest absolute Gasteiger partial charge is 0.326 e. The molecule has 1 atom stereocenters. The lowest BCUT2D eigenvalue weighted by Crippen LogP contribution is -2.42. The van der Waals surface area contributed by atoms with Crippen LogP contribution in [0.5, 0.6) is 11.6 Å². The molecule has 0 aliphatic rings. The molecule has 2 aromatic heterocycles. The number of aliphatic carboxylic acids is 1. The number of carboxylic acid groups (broad SMARTS) is 1. The van der Waals surface area contributed by atoms with Gasteiger partial charge >= 0.3 is 5.97 Å². The van der Waals surface area contributed by atoms with Gasteiger partial charge in [-0.25, -0.2) is 19.2 Å². The SMILES string of the molecule is O=C(CCCCCOc1cc(-c2ccccc2)cc(-c2ccc(F)cc2)n1)NC(Cc1ccc(OCCCNC(=O)c2ccc(N/N=C/c3ccccc3S(=O)(=O)O)nc2)cc1)C(=O)O. The van der Waals surface area contributed by atoms with E-state index < -0.39 is 22.1 Å². The van der Waals surface area contributed by atoms with E-state index in [1.807, 2.05) is 42.5 Å². The van der Waals surface area contributed by atoms with Crippen LogP contribution in [0, 0.1) is 5.82 Å². The van der Waals surface area contributed by atoms with Crippen LogP contribution >= 0.6 is 0 Å². The van der Waals surface area contributed by atoms with E-state index in [2.05, 4.69) is 31.1 Å². The summed E-state index contributed by atoms with van der Waals surface area (Å²) in [6.07, 6.45) is 5.19. The first-order chi connectivity index (χ1) is 31.4. The van der Waals surface area contributed by atoms with Gasteiger partial charge in [0.1, 0.15) is 28.3 Å². The van der Waals surface area contributed by atoms with E-state index in [0.717, 1.165) is 16.7 Å². The van der Waals surface area contributed by atoms with Gasteiger partial charge in [0.05, 0.1) is 30.7 Å². The van der Waals surface area contributed by atoms with Gasteiger partial charge in [-0.1, -0.05) is 60.7 Å². The number of carboxylic acids is 1. The minimum absolute atomic E-state index is 0.0842. The third kappa shape index (κ3) is 14.8. The predicted octanol–water partition coefficient (Wildman–Crippen LogP) is 7.59. The maximum atomic E-state index is 13.6. The number of hydrogen-bond acceptors (Lipinski definition) is 11. The molecular weight excluding hydrogens is 856 g/mol. The molecule has 6 aromatic rings. The molecule has 336 valence electrons. The first-order valence-electron chi connectivity index (χ1n) is 20.7. The summed E-state index contributed by atoms with van der Waals surface area (Å²) < 4.78 is 57.8. The molecule has 17 heteroatoms. The quantitative estimate of drug-likeness (QED) is 0.0182. The average Bonchev–Trinajstić information content (AvgIpc) is 3.30. The van der Waals surface area contributed by atoms with E-state index >= 15 is 0 Å². The maximum Gasteiger partial charge on any atom is 0.326 e. The maximum absolute atomic E-state index is 13.6. The fourth-order valence-corrected chi connectivity index (χ4v) is 7.13. The molecule has 5 N–H and O–H groups in total. The lowest BCUT2D eigenvalue weighted by Gasteiger charge is -2.15. The number of halogens is 1. The molecule has 15 nitrogen and oxygen atoms in total. The molecular formula is C48H47FN6O9S. The van der Waals surface area contributed by atoms with Crippen molar-refractivity contribution in [3.05, 3.63) is 156 Å². The van der Waals surface area contributed by atoms with Gasteiger partial charge in [0.2, 0.25) is 11.8 Å². The number of nitrogens with zero attached hydrogens (tertiary/aromatic N) is 3. The van der Waals surface area contributed by atoms with Crippen molar-refractivity contribution in [1.82, 2.24) is 20.6 Å². The molecule has 2 heterocycles. The molecule has 2 amide bonds. The van der Waals surface area contributed by atoms with Gasteiger partial charge in [-0.3, -0.25) is 19.6 Å². The zero-order valence-corrected chi connectivity index (χ0v) is 35.9. The zero-order valence-electron chi connectivity index (χ0n) is 35.1. The number of carbonyl (C=O) groups is 3. The monoisotopic (exact) mass is 902 g/mol. The second-order valence-corrected chi connectivity index (χ2v) is 16.1. The minimum atomic E-state index is -4.42. The van der Waals surface area contributed by atoms with Gasteiger partial charge in [0.25, 0.3) is 16.0 Å². The van der Waals surface area contributed by atoms with E-state index in [1.165, 1.54) is 48.8 Å². The number of rotatable bonds is 23. The van der Waals surface area contributed by atoms with E-state index in [1.54, 1.807) is 48.5 Å². The van der Waals surface area contributed by atoms with Gasteiger partial charge in [0.15, 0.2) is 0 Å². The number of pyridine rings is 2. The highest BCUT2D eigenvalue weighted by Crippen LogP contribution is 2.29. The molecule has 0 fully saturated rings. The summed E-state index contributed by atoms with van der Waals surface area (Å²) in [6.45, 7) is 0.986. The molecule has 0 saturated heterocycles. The van der Waals surface area contributed by atoms with Crippen molar-refractivity contribution in [1.29, 1.82) is 0 Å². The van der Waals surface area contributed by atoms with Gasteiger partial charge in [-0.05, 0) is 103 Å². The molecule has 0 aliphatic heterocycles. The van der Waals surface area contributed by atoms with Gasteiger partial charge < -0.3 is 25.2 Å². The van der Waals surface area contributed by atoms with Crippen LogP contribution in [0.25, 0.3) is 22.4 Å². The second kappa shape index (κ2) is 23.3. The number of amides is 2. The van der Waals surface area contributed by atoms with Crippen molar-refractivity contribution >= 4 is 39.9 Å². The number of hydrazone groups is 1. The summed E-state index contributed by atoms with van der Waals surface area (Å²) in [4.78, 5) is 45.8. The van der Waals surface area contributed by atoms with Crippen LogP contribution < -0.4 is 25.5 Å². The van der Waals surface area contributed by atoms with Crippen LogP contribution in [0.3, 0.4) is 0 Å². The van der Waals surface area contributed by atoms with Crippen molar-refractivity contribution in [3.8, 4) is 34.0 Å². The number of aromatic nitrogens is 2. The van der Waals surface area contributed by atoms with E-state index in [0.29, 0.717) is 79.7 Å². The Morgan fingerprint density at radius 2 is 1.52 bits per heavy atom. The number of ether oxygens (including phenoxy) is 2. The van der Waals surface area contributed by atoms with Crippen molar-refractivity contribution in [2.45, 2.75) is 49.5 Å². The molecule has 0 saturated carbocycles. The minimum Gasteiger partial charge on any atom is -0.494 e. The van der Waals surface area contributed by atoms with Crippen molar-refractivity contribution < 1.29 is 46.3 Å². The normalized spacial score (nSPS) is 11.7. The van der Waals surface area contributed by atoms with Crippen LogP contribution in [0.2, 0.25) is 0 Å². The zero-order chi connectivity index (χ0) is 46.0. The fourth-order valence-electron chi connectivity index (χ4n) is 6.46. The number of hydrogen-bond donors (Lipinski definition) is 5. The number of nitrogens with one attached hydrogen (secondary N) is 3. The second-order valence-electron chi connectivity index (χ2n) is 14.7. The summed E-state index contributed by atoms with van der Waals surface area (Å²) in [7, 11) is -4.42. The first kappa shape index (κ1) is 47.0. The first-order valence-corrected chi connectivity index (χ1v) is 22.2. The van der Waals surface area contributed by atoms with E-state index in [9.17, 15) is 36.9 Å². The average molecular weight is 903 g/mol. The Balaban J connectivity index is 0.861. The summed E-state index contributed by atoms with van der Waals surface area (Å²) in [5.74, 6) is -0.888. The topological polar surface area (TPSA) is 218 Å². The van der Waals surface area contributed by atoms with Crippen LogP contribution in [-0.4, -0.2) is 77.8 Å². The van der Waals surface area contributed by atoms with Crippen LogP contribution in [0.4, 0.5) is 10.2 Å². The number of carbonyl (C=O) groups excluding carboxylic acids is 2. The van der Waals surface area contributed by atoms with Crippen LogP contribution in [0.1, 0.15) is 53.6 Å². The van der Waals surface area contributed by atoms with Gasteiger partial charge in [-0.2, -0.15) is 13.5 Å². The van der Waals surface area contributed by atoms with Crippen LogP contribution in [-0.2, 0) is 26.1 Å². The fraction of sp³-hybridized carbons (Fsp3) is 0.208. The largest absolute Gasteiger partial charge is 0.494 e. The number of anilines is 1. The standard InChI is InChI=1S/C48H47FN6O9S/c49-39-20-17-35(18-21-39)41-29-38(34-10-3-1-4-11-34)30-46(54-41)64-26-8-2-5-14-45(56)53-42(48(58)59)28-33-15-22-40(23-16-33)63-27-9-25-50-47(57)37-19-24-44(51-31-37)55-52-32-36-12-6-7-13-43(36)65(60,61)62/h1,3-4,6-7,10-13,15-24,29-32,42H,2,5,8-9,14,25-28H2,(H,50,57)(H,51,55)(H,53,56)(H,58,59)(H,60,61,62)/b52-32+. The highest BCUT2D eigenvalue weighted by Gasteiger charge is 2.20. The predicted molar refractivity (Wildman–Crippen MR) is 243 cm³/mol. The highest BCUT2D eigenvalue weighted by atomic mass is 32.2. The van der Waals surface area contributed by atoms with E-state index in [-0.39, 0.29) is 40.9 Å². The summed E-state index contributed by atoms with van der Waals surface area (Å²) in [5, 5.41) is 19.2. The number of unbranched alkanes of at least 4 members (excludes halogenated alkanes) is 2. The molecule has 0 spiro atoms. The molecule has 0 radical (unpaired) electrons. The van der Waals surface area contributed by atoms with E-state index in [4.69, 9.17) is 9.47 Å². The van der Waals surface area contributed by atoms with Crippen LogP contribution in [0.15, 0.2) is 144 Å². The number of benzene rings is 4. The van der Waals surface area contributed by atoms with Crippen molar-refractivity contribution in [3.63, 3.8) is 0 Å². The highest BCUT2D eigenvalue weighted by molar-refractivity contribution is 7.86. The third-order valence-corrected chi connectivity index (χ3v) is 10.8. The Kier molecular flexibility index (Phi) is 16.8. The molecule has 4 aromatic carbocycles. The lowest BCUT2D eigenvalue weighted by molar-refractivity contribution is -0.141. The molecule has 0 aliphatic carbocycles. The third-order valence-electron chi connectivity index (χ3n) is 9.82. The Morgan fingerprint density at radius 1 is 0.785 bits per heavy atom.